The van der Waals surface area contributed by atoms with Crippen LogP contribution in [0.1, 0.15) is 31.7 Å². The number of carboxylic acids is 1. The van der Waals surface area contributed by atoms with Gasteiger partial charge in [-0.25, -0.2) is 4.98 Å². The van der Waals surface area contributed by atoms with Crippen LogP contribution in [0.15, 0.2) is 12.3 Å². The van der Waals surface area contributed by atoms with E-state index in [-0.39, 0.29) is 12.3 Å². The molecule has 2 aromatic heterocycles. The van der Waals surface area contributed by atoms with Gasteiger partial charge in [0.15, 0.2) is 5.65 Å². The normalized spacial score (nSPS) is 16.4. The Bertz CT molecular complexity index is 687. The van der Waals surface area contributed by atoms with E-state index in [4.69, 9.17) is 10.1 Å². The van der Waals surface area contributed by atoms with E-state index in [1.807, 2.05) is 10.9 Å². The summed E-state index contributed by atoms with van der Waals surface area (Å²) in [6, 6.07) is 2.11. The van der Waals surface area contributed by atoms with Gasteiger partial charge in [-0.1, -0.05) is 0 Å². The van der Waals surface area contributed by atoms with E-state index < -0.39 is 5.97 Å². The van der Waals surface area contributed by atoms with Crippen LogP contribution in [0.4, 0.5) is 5.82 Å². The lowest BCUT2D eigenvalue weighted by molar-refractivity contribution is -0.138. The van der Waals surface area contributed by atoms with Crippen LogP contribution in [-0.4, -0.2) is 38.9 Å². The number of nitrogens with zero attached hydrogens (tertiary/aromatic N) is 4. The van der Waals surface area contributed by atoms with E-state index in [9.17, 15) is 4.79 Å². The molecule has 0 bridgehead atoms. The molecular formula is C16H22N4O2. The van der Waals surface area contributed by atoms with Crippen LogP contribution in [0.2, 0.25) is 0 Å². The number of rotatable bonds is 4. The number of carbonyl (C=O) groups is 1. The van der Waals surface area contributed by atoms with Crippen LogP contribution in [0, 0.1) is 12.8 Å². The molecule has 1 aliphatic rings. The number of pyridine rings is 1. The van der Waals surface area contributed by atoms with Crippen molar-refractivity contribution in [3.8, 4) is 0 Å². The maximum Gasteiger partial charge on any atom is 0.303 e. The molecule has 118 valence electrons. The van der Waals surface area contributed by atoms with Gasteiger partial charge in [-0.05, 0) is 44.2 Å². The number of piperidine rings is 1. The highest BCUT2D eigenvalue weighted by Gasteiger charge is 2.22. The molecule has 1 saturated heterocycles. The van der Waals surface area contributed by atoms with E-state index in [2.05, 4.69) is 29.9 Å². The van der Waals surface area contributed by atoms with Crippen molar-refractivity contribution in [3.05, 3.63) is 17.8 Å². The first-order valence-electron chi connectivity index (χ1n) is 7.88. The van der Waals surface area contributed by atoms with Crippen molar-refractivity contribution in [2.45, 2.75) is 39.7 Å². The number of hydrogen-bond acceptors (Lipinski definition) is 4. The Balaban J connectivity index is 1.78. The monoisotopic (exact) mass is 302 g/mol. The molecule has 0 radical (unpaired) electrons. The van der Waals surface area contributed by atoms with Crippen LogP contribution >= 0.6 is 0 Å². The van der Waals surface area contributed by atoms with E-state index >= 15 is 0 Å². The minimum atomic E-state index is -0.695. The van der Waals surface area contributed by atoms with Crippen LogP contribution in [0.3, 0.4) is 0 Å². The molecule has 0 saturated carbocycles. The van der Waals surface area contributed by atoms with Gasteiger partial charge < -0.3 is 10.0 Å². The van der Waals surface area contributed by atoms with Crippen LogP contribution < -0.4 is 4.90 Å². The molecule has 0 aromatic carbocycles. The Labute approximate surface area is 129 Å². The minimum absolute atomic E-state index is 0.278. The quantitative estimate of drug-likeness (QED) is 0.939. The predicted molar refractivity (Wildman–Crippen MR) is 85.1 cm³/mol. The first-order chi connectivity index (χ1) is 10.6. The molecule has 0 spiro atoms. The fourth-order valence-electron chi connectivity index (χ4n) is 3.12. The second kappa shape index (κ2) is 5.94. The van der Waals surface area contributed by atoms with Crippen LogP contribution in [0.5, 0.6) is 0 Å². The fourth-order valence-corrected chi connectivity index (χ4v) is 3.12. The topological polar surface area (TPSA) is 71.2 Å². The Morgan fingerprint density at radius 2 is 2.14 bits per heavy atom. The first-order valence-corrected chi connectivity index (χ1v) is 7.88. The highest BCUT2D eigenvalue weighted by molar-refractivity contribution is 5.80. The third-order valence-electron chi connectivity index (χ3n) is 4.46. The molecule has 1 aliphatic heterocycles. The SMILES string of the molecule is CCn1cc2c(C)cc(N3CCC(CC(=O)O)CC3)nc2n1. The molecule has 0 unspecified atom stereocenters. The molecule has 3 heterocycles. The Morgan fingerprint density at radius 1 is 1.41 bits per heavy atom. The highest BCUT2D eigenvalue weighted by atomic mass is 16.4. The van der Waals surface area contributed by atoms with Gasteiger partial charge in [0.25, 0.3) is 0 Å². The van der Waals surface area contributed by atoms with Gasteiger partial charge in [-0.15, -0.1) is 0 Å². The number of aromatic nitrogens is 3. The lowest BCUT2D eigenvalue weighted by atomic mass is 9.93. The molecule has 0 amide bonds. The summed E-state index contributed by atoms with van der Waals surface area (Å²) >= 11 is 0. The molecule has 1 fully saturated rings. The summed E-state index contributed by atoms with van der Waals surface area (Å²) in [6.45, 7) is 6.72. The van der Waals surface area contributed by atoms with Gasteiger partial charge in [-0.3, -0.25) is 9.48 Å². The number of fused-ring (bicyclic) bond motifs is 1. The van der Waals surface area contributed by atoms with Crippen molar-refractivity contribution >= 4 is 22.8 Å². The zero-order chi connectivity index (χ0) is 15.7. The third-order valence-corrected chi connectivity index (χ3v) is 4.46. The molecule has 1 N–H and O–H groups in total. The summed E-state index contributed by atoms with van der Waals surface area (Å²) in [4.78, 5) is 17.7. The van der Waals surface area contributed by atoms with E-state index in [1.54, 1.807) is 0 Å². The molecule has 6 heteroatoms. The van der Waals surface area contributed by atoms with Gasteiger partial charge in [0.1, 0.15) is 5.82 Å². The Kier molecular flexibility index (Phi) is 4.00. The number of carboxylic acid groups (broad SMARTS) is 1. The number of aryl methyl sites for hydroxylation is 2. The third kappa shape index (κ3) is 2.91. The number of anilines is 1. The molecular weight excluding hydrogens is 280 g/mol. The number of hydrogen-bond donors (Lipinski definition) is 1. The van der Waals surface area contributed by atoms with E-state index in [1.165, 1.54) is 5.56 Å². The Hall–Kier alpha value is -2.11. The average molecular weight is 302 g/mol. The van der Waals surface area contributed by atoms with E-state index in [0.717, 1.165) is 49.3 Å². The largest absolute Gasteiger partial charge is 0.481 e. The summed E-state index contributed by atoms with van der Waals surface area (Å²) in [7, 11) is 0. The van der Waals surface area contributed by atoms with Gasteiger partial charge in [0.2, 0.25) is 0 Å². The van der Waals surface area contributed by atoms with Crippen LogP contribution in [0.25, 0.3) is 11.0 Å². The van der Waals surface area contributed by atoms with Crippen molar-refractivity contribution in [2.24, 2.45) is 5.92 Å². The summed E-state index contributed by atoms with van der Waals surface area (Å²) in [5.74, 6) is 0.553. The second-order valence-corrected chi connectivity index (χ2v) is 6.05. The number of aliphatic carboxylic acids is 1. The van der Waals surface area contributed by atoms with Gasteiger partial charge in [-0.2, -0.15) is 5.10 Å². The zero-order valence-electron chi connectivity index (χ0n) is 13.1. The van der Waals surface area contributed by atoms with Crippen molar-refractivity contribution in [1.82, 2.24) is 14.8 Å². The first kappa shape index (κ1) is 14.8. The molecule has 0 aliphatic carbocycles. The van der Waals surface area contributed by atoms with E-state index in [0.29, 0.717) is 0 Å². The Morgan fingerprint density at radius 3 is 2.77 bits per heavy atom. The molecule has 0 atom stereocenters. The van der Waals surface area contributed by atoms with Crippen molar-refractivity contribution in [2.75, 3.05) is 18.0 Å². The minimum Gasteiger partial charge on any atom is -0.481 e. The smallest absolute Gasteiger partial charge is 0.303 e. The molecule has 22 heavy (non-hydrogen) atoms. The van der Waals surface area contributed by atoms with Crippen molar-refractivity contribution in [3.63, 3.8) is 0 Å². The molecule has 2 aromatic rings. The maximum atomic E-state index is 10.8. The van der Waals surface area contributed by atoms with Gasteiger partial charge in [0.05, 0.1) is 0 Å². The predicted octanol–water partition coefficient (Wildman–Crippen LogP) is 2.45. The van der Waals surface area contributed by atoms with Crippen molar-refractivity contribution in [1.29, 1.82) is 0 Å². The maximum absolute atomic E-state index is 10.8. The molecule has 3 rings (SSSR count). The molecule has 6 nitrogen and oxygen atoms in total. The zero-order valence-corrected chi connectivity index (χ0v) is 13.1. The van der Waals surface area contributed by atoms with Crippen LogP contribution in [-0.2, 0) is 11.3 Å². The highest BCUT2D eigenvalue weighted by Crippen LogP contribution is 2.27. The lowest BCUT2D eigenvalue weighted by Gasteiger charge is -2.32. The fraction of sp³-hybridized carbons (Fsp3) is 0.562. The summed E-state index contributed by atoms with van der Waals surface area (Å²) in [6.07, 6.45) is 4.14. The summed E-state index contributed by atoms with van der Waals surface area (Å²) in [5, 5.41) is 14.5. The summed E-state index contributed by atoms with van der Waals surface area (Å²) < 4.78 is 1.91. The lowest BCUT2D eigenvalue weighted by Crippen LogP contribution is -2.34. The second-order valence-electron chi connectivity index (χ2n) is 6.05. The van der Waals surface area contributed by atoms with Gasteiger partial charge >= 0.3 is 5.97 Å². The summed E-state index contributed by atoms with van der Waals surface area (Å²) in [5.41, 5.74) is 1.98. The van der Waals surface area contributed by atoms with Crippen molar-refractivity contribution < 1.29 is 9.90 Å². The van der Waals surface area contributed by atoms with Gasteiger partial charge in [0, 0.05) is 37.6 Å². The average Bonchev–Trinajstić information content (AvgIpc) is 2.91. The standard InChI is InChI=1S/C16H22N4O2/c1-3-20-10-13-11(2)8-14(17-16(13)18-20)19-6-4-12(5-7-19)9-15(21)22/h8,10,12H,3-7,9H2,1-2H3,(H,21,22).